The first-order valence-electron chi connectivity index (χ1n) is 6.93. The van der Waals surface area contributed by atoms with Crippen LogP contribution in [0.2, 0.25) is 0 Å². The Labute approximate surface area is 125 Å². The number of hydrogen-bond donors (Lipinski definition) is 2. The van der Waals surface area contributed by atoms with Crippen LogP contribution in [0.15, 0.2) is 18.2 Å². The van der Waals surface area contributed by atoms with Crippen molar-refractivity contribution >= 4 is 23.3 Å². The molecule has 1 rings (SSSR count). The van der Waals surface area contributed by atoms with Crippen LogP contribution in [0.5, 0.6) is 0 Å². The largest absolute Gasteiger partial charge is 0.478 e. The maximum absolute atomic E-state index is 12.4. The van der Waals surface area contributed by atoms with Crippen molar-refractivity contribution in [2.75, 3.05) is 17.7 Å². The Kier molecular flexibility index (Phi) is 4.99. The summed E-state index contributed by atoms with van der Waals surface area (Å²) in [6.07, 6.45) is 0.365. The monoisotopic (exact) mass is 292 g/mol. The van der Waals surface area contributed by atoms with Gasteiger partial charge in [-0.15, -0.1) is 0 Å². The number of nitrogens with two attached hydrogens (primary N) is 1. The van der Waals surface area contributed by atoms with E-state index in [0.29, 0.717) is 17.8 Å². The van der Waals surface area contributed by atoms with Crippen molar-refractivity contribution in [3.63, 3.8) is 0 Å². The summed E-state index contributed by atoms with van der Waals surface area (Å²) in [5.41, 5.74) is 6.39. The molecule has 5 heteroatoms. The van der Waals surface area contributed by atoms with Crippen molar-refractivity contribution in [3.8, 4) is 0 Å². The molecule has 0 spiro atoms. The van der Waals surface area contributed by atoms with E-state index in [0.717, 1.165) is 0 Å². The summed E-state index contributed by atoms with van der Waals surface area (Å²) in [6.45, 7) is 8.26. The number of aromatic carboxylic acids is 1. The molecule has 0 fully saturated rings. The second kappa shape index (κ2) is 6.16. The van der Waals surface area contributed by atoms with E-state index in [4.69, 9.17) is 5.73 Å². The lowest BCUT2D eigenvalue weighted by Gasteiger charge is -2.29. The number of rotatable bonds is 4. The molecule has 116 valence electrons. The molecule has 0 heterocycles. The number of benzene rings is 1. The van der Waals surface area contributed by atoms with Crippen LogP contribution >= 0.6 is 0 Å². The van der Waals surface area contributed by atoms with Gasteiger partial charge >= 0.3 is 5.97 Å². The van der Waals surface area contributed by atoms with Crippen molar-refractivity contribution in [2.24, 2.45) is 11.3 Å². The van der Waals surface area contributed by atoms with E-state index in [9.17, 15) is 14.7 Å². The molecule has 1 amide bonds. The number of nitrogens with zero attached hydrogens (tertiary/aromatic N) is 1. The minimum Gasteiger partial charge on any atom is -0.478 e. The molecule has 1 aromatic rings. The first-order valence-corrected chi connectivity index (χ1v) is 6.93. The van der Waals surface area contributed by atoms with Gasteiger partial charge in [-0.05, 0) is 29.5 Å². The maximum atomic E-state index is 12.4. The third-order valence-corrected chi connectivity index (χ3v) is 3.95. The number of carbonyl (C=O) groups excluding carboxylic acids is 1. The average Bonchev–Trinajstić information content (AvgIpc) is 2.36. The highest BCUT2D eigenvalue weighted by Crippen LogP contribution is 2.30. The van der Waals surface area contributed by atoms with Crippen molar-refractivity contribution in [1.82, 2.24) is 0 Å². The van der Waals surface area contributed by atoms with Gasteiger partial charge in [0, 0.05) is 19.2 Å². The Morgan fingerprint density at radius 1 is 1.33 bits per heavy atom. The third kappa shape index (κ3) is 4.21. The number of anilines is 2. The van der Waals surface area contributed by atoms with Gasteiger partial charge in [0.2, 0.25) is 5.91 Å². The van der Waals surface area contributed by atoms with Gasteiger partial charge in [-0.2, -0.15) is 0 Å². The molecule has 5 nitrogen and oxygen atoms in total. The van der Waals surface area contributed by atoms with Crippen LogP contribution in [-0.2, 0) is 4.79 Å². The highest BCUT2D eigenvalue weighted by Gasteiger charge is 2.25. The van der Waals surface area contributed by atoms with Gasteiger partial charge in [0.1, 0.15) is 0 Å². The Hall–Kier alpha value is -2.04. The van der Waals surface area contributed by atoms with E-state index in [1.807, 2.05) is 6.92 Å². The van der Waals surface area contributed by atoms with E-state index in [1.54, 1.807) is 19.2 Å². The zero-order valence-corrected chi connectivity index (χ0v) is 13.3. The zero-order chi connectivity index (χ0) is 16.4. The van der Waals surface area contributed by atoms with Crippen molar-refractivity contribution in [2.45, 2.75) is 34.1 Å². The predicted molar refractivity (Wildman–Crippen MR) is 84.5 cm³/mol. The number of carbonyl (C=O) groups is 2. The molecule has 21 heavy (non-hydrogen) atoms. The predicted octanol–water partition coefficient (Wildman–Crippen LogP) is 3.00. The number of nitrogen functional groups attached to an aromatic ring is 1. The standard InChI is InChI=1S/C16H24N2O3/c1-10(16(2,3)4)8-14(19)18(5)13-7-6-11(17)9-12(13)15(20)21/h6-7,9-10H,8,17H2,1-5H3,(H,20,21). The minimum absolute atomic E-state index is 0.0211. The summed E-state index contributed by atoms with van der Waals surface area (Å²) >= 11 is 0. The maximum Gasteiger partial charge on any atom is 0.337 e. The molecule has 3 N–H and O–H groups in total. The quantitative estimate of drug-likeness (QED) is 0.836. The average molecular weight is 292 g/mol. The summed E-state index contributed by atoms with van der Waals surface area (Å²) in [4.78, 5) is 25.0. The smallest absolute Gasteiger partial charge is 0.337 e. The van der Waals surface area contributed by atoms with Crippen molar-refractivity contribution in [1.29, 1.82) is 0 Å². The molecule has 1 atom stereocenters. The van der Waals surface area contributed by atoms with Gasteiger partial charge < -0.3 is 15.7 Å². The lowest BCUT2D eigenvalue weighted by atomic mass is 9.80. The van der Waals surface area contributed by atoms with Crippen LogP contribution in [0.4, 0.5) is 11.4 Å². The fourth-order valence-electron chi connectivity index (χ4n) is 1.86. The fraction of sp³-hybridized carbons (Fsp3) is 0.500. The van der Waals surface area contributed by atoms with Gasteiger partial charge in [0.25, 0.3) is 0 Å². The Morgan fingerprint density at radius 2 is 1.90 bits per heavy atom. The van der Waals surface area contributed by atoms with Gasteiger partial charge in [-0.25, -0.2) is 4.79 Å². The van der Waals surface area contributed by atoms with E-state index in [-0.39, 0.29) is 22.8 Å². The first kappa shape index (κ1) is 17.0. The number of carboxylic acid groups (broad SMARTS) is 1. The molecule has 0 bridgehead atoms. The van der Waals surface area contributed by atoms with Crippen LogP contribution in [0, 0.1) is 11.3 Å². The SMILES string of the molecule is CC(CC(=O)N(C)c1ccc(N)cc1C(=O)O)C(C)(C)C. The third-order valence-electron chi connectivity index (χ3n) is 3.95. The van der Waals surface area contributed by atoms with Crippen LogP contribution in [0.3, 0.4) is 0 Å². The lowest BCUT2D eigenvalue weighted by molar-refractivity contribution is -0.119. The van der Waals surface area contributed by atoms with Crippen LogP contribution in [-0.4, -0.2) is 24.0 Å². The molecule has 1 unspecified atom stereocenters. The first-order chi connectivity index (χ1) is 9.54. The molecule has 0 aromatic heterocycles. The summed E-state index contributed by atoms with van der Waals surface area (Å²) in [5, 5.41) is 9.24. The number of hydrogen-bond acceptors (Lipinski definition) is 3. The van der Waals surface area contributed by atoms with E-state index in [1.165, 1.54) is 11.0 Å². The number of carboxylic acids is 1. The van der Waals surface area contributed by atoms with Crippen molar-refractivity contribution < 1.29 is 14.7 Å². The second-order valence-electron chi connectivity index (χ2n) is 6.51. The molecule has 0 saturated heterocycles. The molecule has 0 saturated carbocycles. The Balaban J connectivity index is 3.01. The summed E-state index contributed by atoms with van der Waals surface area (Å²) < 4.78 is 0. The highest BCUT2D eigenvalue weighted by atomic mass is 16.4. The second-order valence-corrected chi connectivity index (χ2v) is 6.51. The molecule has 1 aromatic carbocycles. The van der Waals surface area contributed by atoms with Gasteiger partial charge in [-0.1, -0.05) is 27.7 Å². The molecule has 0 aliphatic rings. The van der Waals surface area contributed by atoms with Crippen molar-refractivity contribution in [3.05, 3.63) is 23.8 Å². The molecular weight excluding hydrogens is 268 g/mol. The van der Waals surface area contributed by atoms with Gasteiger partial charge in [-0.3, -0.25) is 4.79 Å². The Morgan fingerprint density at radius 3 is 2.38 bits per heavy atom. The normalized spacial score (nSPS) is 12.8. The molecule has 0 aliphatic heterocycles. The molecule has 0 aliphatic carbocycles. The van der Waals surface area contributed by atoms with E-state index < -0.39 is 5.97 Å². The summed E-state index contributed by atoms with van der Waals surface area (Å²) in [5.74, 6) is -1.01. The molecular formula is C16H24N2O3. The topological polar surface area (TPSA) is 83.6 Å². The van der Waals surface area contributed by atoms with Gasteiger partial charge in [0.15, 0.2) is 0 Å². The summed E-state index contributed by atoms with van der Waals surface area (Å²) in [6, 6.07) is 4.53. The lowest BCUT2D eigenvalue weighted by Crippen LogP contribution is -2.32. The minimum atomic E-state index is -1.10. The van der Waals surface area contributed by atoms with Crippen LogP contribution in [0.1, 0.15) is 44.5 Å². The van der Waals surface area contributed by atoms with E-state index >= 15 is 0 Å². The number of amides is 1. The highest BCUT2D eigenvalue weighted by molar-refractivity contribution is 6.02. The van der Waals surface area contributed by atoms with Crippen LogP contribution in [0.25, 0.3) is 0 Å². The van der Waals surface area contributed by atoms with Gasteiger partial charge in [0.05, 0.1) is 11.3 Å². The fourth-order valence-corrected chi connectivity index (χ4v) is 1.86. The zero-order valence-electron chi connectivity index (χ0n) is 13.3. The Bertz CT molecular complexity index is 547. The van der Waals surface area contributed by atoms with Crippen LogP contribution < -0.4 is 10.6 Å². The summed E-state index contributed by atoms with van der Waals surface area (Å²) in [7, 11) is 1.59. The molecule has 0 radical (unpaired) electrons. The van der Waals surface area contributed by atoms with E-state index in [2.05, 4.69) is 20.8 Å².